The second kappa shape index (κ2) is 7.61. The lowest BCUT2D eigenvalue weighted by atomic mass is 10.0. The highest BCUT2D eigenvalue weighted by Gasteiger charge is 2.23. The van der Waals surface area contributed by atoms with Gasteiger partial charge in [-0.15, -0.1) is 0 Å². The Morgan fingerprint density at radius 2 is 1.76 bits per heavy atom. The second-order valence-corrected chi connectivity index (χ2v) is 6.77. The molecule has 1 saturated heterocycles. The highest BCUT2D eigenvalue weighted by molar-refractivity contribution is 5.92. The van der Waals surface area contributed by atoms with Gasteiger partial charge in [0.25, 0.3) is 11.5 Å². The van der Waals surface area contributed by atoms with Gasteiger partial charge in [-0.25, -0.2) is 5.10 Å². The smallest absolute Gasteiger partial charge is 0.274 e. The van der Waals surface area contributed by atoms with Crippen LogP contribution in [-0.4, -0.2) is 52.1 Å². The van der Waals surface area contributed by atoms with Crippen LogP contribution in [0.15, 0.2) is 41.2 Å². The molecule has 1 N–H and O–H groups in total. The quantitative estimate of drug-likeness (QED) is 0.922. The SMILES string of the molecule is CC(C)c1ccc(CN2CCN(C(=O)c3ccc(=O)[nH]n3)CC2)cc1. The summed E-state index contributed by atoms with van der Waals surface area (Å²) in [5, 5.41) is 6.13. The molecule has 1 aromatic heterocycles. The number of hydrogen-bond donors (Lipinski definition) is 1. The van der Waals surface area contributed by atoms with Crippen molar-refractivity contribution >= 4 is 5.91 Å². The number of amides is 1. The molecule has 1 aliphatic heterocycles. The topological polar surface area (TPSA) is 69.3 Å². The molecule has 2 aromatic rings. The molecule has 1 fully saturated rings. The van der Waals surface area contributed by atoms with Crippen LogP contribution in [0, 0.1) is 0 Å². The van der Waals surface area contributed by atoms with Gasteiger partial charge in [0.2, 0.25) is 0 Å². The summed E-state index contributed by atoms with van der Waals surface area (Å²) in [6, 6.07) is 11.6. The molecule has 3 rings (SSSR count). The molecular formula is C19H24N4O2. The monoisotopic (exact) mass is 340 g/mol. The van der Waals surface area contributed by atoms with Crippen molar-refractivity contribution in [2.75, 3.05) is 26.2 Å². The summed E-state index contributed by atoms with van der Waals surface area (Å²) in [7, 11) is 0. The van der Waals surface area contributed by atoms with E-state index in [0.29, 0.717) is 19.0 Å². The van der Waals surface area contributed by atoms with Crippen molar-refractivity contribution in [1.82, 2.24) is 20.0 Å². The van der Waals surface area contributed by atoms with E-state index in [1.807, 2.05) is 0 Å². The Balaban J connectivity index is 1.53. The largest absolute Gasteiger partial charge is 0.335 e. The lowest BCUT2D eigenvalue weighted by molar-refractivity contribution is 0.0621. The first-order valence-electron chi connectivity index (χ1n) is 8.69. The molecule has 1 amide bonds. The van der Waals surface area contributed by atoms with Crippen molar-refractivity contribution in [3.63, 3.8) is 0 Å². The first-order valence-corrected chi connectivity index (χ1v) is 8.69. The molecule has 6 heteroatoms. The number of benzene rings is 1. The van der Waals surface area contributed by atoms with Crippen LogP contribution in [-0.2, 0) is 6.54 Å². The maximum absolute atomic E-state index is 12.4. The summed E-state index contributed by atoms with van der Waals surface area (Å²) in [6.45, 7) is 8.30. The van der Waals surface area contributed by atoms with Gasteiger partial charge in [0.1, 0.15) is 5.69 Å². The van der Waals surface area contributed by atoms with Crippen LogP contribution < -0.4 is 5.56 Å². The van der Waals surface area contributed by atoms with Gasteiger partial charge in [0.05, 0.1) is 0 Å². The molecule has 0 unspecified atom stereocenters. The zero-order valence-electron chi connectivity index (χ0n) is 14.7. The van der Waals surface area contributed by atoms with Crippen LogP contribution in [0.5, 0.6) is 0 Å². The van der Waals surface area contributed by atoms with Gasteiger partial charge in [-0.3, -0.25) is 14.5 Å². The van der Waals surface area contributed by atoms with Gasteiger partial charge >= 0.3 is 0 Å². The van der Waals surface area contributed by atoms with Crippen molar-refractivity contribution < 1.29 is 4.79 Å². The van der Waals surface area contributed by atoms with Crippen molar-refractivity contribution in [3.05, 3.63) is 63.6 Å². The normalized spacial score (nSPS) is 15.6. The molecule has 6 nitrogen and oxygen atoms in total. The molecule has 1 aliphatic rings. The standard InChI is InChI=1S/C19H24N4O2/c1-14(2)16-5-3-15(4-6-16)13-22-9-11-23(12-10-22)19(25)17-7-8-18(24)21-20-17/h3-8,14H,9-13H2,1-2H3,(H,21,24). The number of carbonyl (C=O) groups excluding carboxylic acids is 1. The van der Waals surface area contributed by atoms with E-state index in [9.17, 15) is 9.59 Å². The fraction of sp³-hybridized carbons (Fsp3) is 0.421. The predicted molar refractivity (Wildman–Crippen MR) is 96.6 cm³/mol. The maximum atomic E-state index is 12.4. The van der Waals surface area contributed by atoms with Gasteiger partial charge in [0.15, 0.2) is 0 Å². The third-order valence-corrected chi connectivity index (χ3v) is 4.61. The number of hydrogen-bond acceptors (Lipinski definition) is 4. The van der Waals surface area contributed by atoms with Crippen LogP contribution in [0.25, 0.3) is 0 Å². The van der Waals surface area contributed by atoms with E-state index in [-0.39, 0.29) is 17.2 Å². The first kappa shape index (κ1) is 17.4. The summed E-state index contributed by atoms with van der Waals surface area (Å²) in [5.74, 6) is 0.419. The Kier molecular flexibility index (Phi) is 5.28. The Bertz CT molecular complexity index is 754. The lowest BCUT2D eigenvalue weighted by Gasteiger charge is -2.34. The molecule has 0 aliphatic carbocycles. The van der Waals surface area contributed by atoms with E-state index in [0.717, 1.165) is 19.6 Å². The molecular weight excluding hydrogens is 316 g/mol. The number of piperazine rings is 1. The average molecular weight is 340 g/mol. The van der Waals surface area contributed by atoms with Crippen molar-refractivity contribution in [2.24, 2.45) is 0 Å². The van der Waals surface area contributed by atoms with E-state index < -0.39 is 0 Å². The zero-order chi connectivity index (χ0) is 17.8. The predicted octanol–water partition coefficient (Wildman–Crippen LogP) is 1.85. The number of nitrogens with one attached hydrogen (secondary N) is 1. The van der Waals surface area contributed by atoms with E-state index in [1.165, 1.54) is 23.3 Å². The van der Waals surface area contributed by atoms with Crippen molar-refractivity contribution in [3.8, 4) is 0 Å². The van der Waals surface area contributed by atoms with Gasteiger partial charge in [-0.2, -0.15) is 5.10 Å². The van der Waals surface area contributed by atoms with Crippen molar-refractivity contribution in [1.29, 1.82) is 0 Å². The number of aromatic amines is 1. The molecule has 0 bridgehead atoms. The number of rotatable bonds is 4. The average Bonchev–Trinajstić information content (AvgIpc) is 2.63. The van der Waals surface area contributed by atoms with Gasteiger partial charge in [0, 0.05) is 38.8 Å². The van der Waals surface area contributed by atoms with E-state index in [4.69, 9.17) is 0 Å². The maximum Gasteiger partial charge on any atom is 0.274 e. The minimum atomic E-state index is -0.301. The molecule has 132 valence electrons. The first-order chi connectivity index (χ1) is 12.0. The van der Waals surface area contributed by atoms with Crippen LogP contribution in [0.2, 0.25) is 0 Å². The molecule has 0 spiro atoms. The zero-order valence-corrected chi connectivity index (χ0v) is 14.7. The highest BCUT2D eigenvalue weighted by atomic mass is 16.2. The second-order valence-electron chi connectivity index (χ2n) is 6.77. The minimum Gasteiger partial charge on any atom is -0.335 e. The lowest BCUT2D eigenvalue weighted by Crippen LogP contribution is -2.48. The van der Waals surface area contributed by atoms with Crippen LogP contribution in [0.4, 0.5) is 0 Å². The summed E-state index contributed by atoms with van der Waals surface area (Å²) in [5.41, 5.74) is 2.64. The Morgan fingerprint density at radius 1 is 1.08 bits per heavy atom. The highest BCUT2D eigenvalue weighted by Crippen LogP contribution is 2.16. The van der Waals surface area contributed by atoms with Gasteiger partial charge < -0.3 is 4.90 Å². The van der Waals surface area contributed by atoms with Crippen LogP contribution >= 0.6 is 0 Å². The Labute approximate surface area is 147 Å². The molecule has 25 heavy (non-hydrogen) atoms. The Morgan fingerprint density at radius 3 is 2.32 bits per heavy atom. The molecule has 1 aromatic carbocycles. The van der Waals surface area contributed by atoms with Gasteiger partial charge in [-0.1, -0.05) is 38.1 Å². The molecule has 2 heterocycles. The van der Waals surface area contributed by atoms with E-state index in [1.54, 1.807) is 4.90 Å². The fourth-order valence-electron chi connectivity index (χ4n) is 3.00. The molecule has 0 radical (unpaired) electrons. The number of carbonyl (C=O) groups is 1. The summed E-state index contributed by atoms with van der Waals surface area (Å²) in [6.07, 6.45) is 0. The third kappa shape index (κ3) is 4.33. The van der Waals surface area contributed by atoms with E-state index in [2.05, 4.69) is 53.2 Å². The number of nitrogens with zero attached hydrogens (tertiary/aromatic N) is 3. The summed E-state index contributed by atoms with van der Waals surface area (Å²) < 4.78 is 0. The number of aromatic nitrogens is 2. The van der Waals surface area contributed by atoms with Gasteiger partial charge in [-0.05, 0) is 23.1 Å². The van der Waals surface area contributed by atoms with Crippen molar-refractivity contribution in [2.45, 2.75) is 26.3 Å². The number of H-pyrrole nitrogens is 1. The molecule has 0 saturated carbocycles. The Hall–Kier alpha value is -2.47. The summed E-state index contributed by atoms with van der Waals surface area (Å²) >= 11 is 0. The minimum absolute atomic E-state index is 0.128. The van der Waals surface area contributed by atoms with Crippen LogP contribution in [0.1, 0.15) is 41.4 Å². The van der Waals surface area contributed by atoms with Crippen LogP contribution in [0.3, 0.4) is 0 Å². The van der Waals surface area contributed by atoms with E-state index >= 15 is 0 Å². The third-order valence-electron chi connectivity index (χ3n) is 4.61. The fourth-order valence-corrected chi connectivity index (χ4v) is 3.00. The molecule has 0 atom stereocenters. The summed E-state index contributed by atoms with van der Waals surface area (Å²) in [4.78, 5) is 27.6.